The molecule has 0 aliphatic rings. The first-order valence-corrected chi connectivity index (χ1v) is 14.1. The Labute approximate surface area is 224 Å². The zero-order valence-corrected chi connectivity index (χ0v) is 25.5. The van der Waals surface area contributed by atoms with E-state index in [1.807, 2.05) is 0 Å². The van der Waals surface area contributed by atoms with Crippen molar-refractivity contribution in [2.24, 2.45) is 0 Å². The van der Waals surface area contributed by atoms with Crippen molar-refractivity contribution in [1.29, 1.82) is 0 Å². The van der Waals surface area contributed by atoms with Crippen LogP contribution in [-0.4, -0.2) is 0 Å². The lowest BCUT2D eigenvalue weighted by atomic mass is 9.72. The highest BCUT2D eigenvalue weighted by Crippen LogP contribution is 2.50. The molecule has 0 heteroatoms. The molecule has 0 fully saturated rings. The van der Waals surface area contributed by atoms with Crippen LogP contribution in [-0.2, 0) is 21.7 Å². The van der Waals surface area contributed by atoms with Gasteiger partial charge in [0, 0.05) is 0 Å². The van der Waals surface area contributed by atoms with Crippen LogP contribution in [0.15, 0.2) is 42.5 Å². The fourth-order valence-electron chi connectivity index (χ4n) is 6.67. The molecule has 37 heavy (non-hydrogen) atoms. The molecule has 0 unspecified atom stereocenters. The molecule has 0 nitrogen and oxygen atoms in total. The summed E-state index contributed by atoms with van der Waals surface area (Å²) >= 11 is 0. The third-order valence-electron chi connectivity index (χ3n) is 8.43. The van der Waals surface area contributed by atoms with Gasteiger partial charge >= 0.3 is 0 Å². The molecule has 0 N–H and O–H groups in total. The lowest BCUT2D eigenvalue weighted by Crippen LogP contribution is -2.18. The van der Waals surface area contributed by atoms with E-state index in [0.717, 1.165) is 0 Å². The Hall–Kier alpha value is -2.60. The van der Waals surface area contributed by atoms with E-state index in [1.54, 1.807) is 0 Å². The average molecular weight is 491 g/mol. The molecule has 0 saturated carbocycles. The molecule has 5 rings (SSSR count). The Morgan fingerprint density at radius 1 is 0.351 bits per heavy atom. The highest BCUT2D eigenvalue weighted by Gasteiger charge is 2.30. The van der Waals surface area contributed by atoms with Crippen molar-refractivity contribution in [3.8, 4) is 0 Å². The number of aryl methyl sites for hydroxylation is 1. The van der Waals surface area contributed by atoms with Crippen molar-refractivity contribution < 1.29 is 0 Å². The molecule has 5 aromatic rings. The summed E-state index contributed by atoms with van der Waals surface area (Å²) in [6.07, 6.45) is 0. The quantitative estimate of drug-likeness (QED) is 0.149. The van der Waals surface area contributed by atoms with Crippen LogP contribution in [0.4, 0.5) is 0 Å². The minimum Gasteiger partial charge on any atom is -0.0572 e. The van der Waals surface area contributed by atoms with Gasteiger partial charge in [0.2, 0.25) is 0 Å². The summed E-state index contributed by atoms with van der Waals surface area (Å²) in [4.78, 5) is 0. The largest absolute Gasteiger partial charge is 0.0572 e. The predicted molar refractivity (Wildman–Crippen MR) is 167 cm³/mol. The molecular formula is C37H46. The second kappa shape index (κ2) is 7.72. The first-order chi connectivity index (χ1) is 16.8. The maximum absolute atomic E-state index is 2.50. The van der Waals surface area contributed by atoms with E-state index in [2.05, 4.69) is 132 Å². The van der Waals surface area contributed by atoms with Crippen molar-refractivity contribution in [1.82, 2.24) is 0 Å². The molecule has 0 aliphatic carbocycles. The number of hydrogen-bond acceptors (Lipinski definition) is 0. The van der Waals surface area contributed by atoms with Gasteiger partial charge in [-0.1, -0.05) is 126 Å². The maximum atomic E-state index is 2.50. The molecule has 0 aliphatic heterocycles. The highest BCUT2D eigenvalue weighted by molar-refractivity contribution is 6.35. The Morgan fingerprint density at radius 3 is 1.11 bits per heavy atom. The number of hydrogen-bond donors (Lipinski definition) is 0. The zero-order chi connectivity index (χ0) is 27.5. The summed E-state index contributed by atoms with van der Waals surface area (Å²) in [5.41, 5.74) is 7.46. The van der Waals surface area contributed by atoms with E-state index in [-0.39, 0.29) is 21.7 Å². The van der Waals surface area contributed by atoms with Crippen LogP contribution in [0.2, 0.25) is 0 Å². The Kier molecular flexibility index (Phi) is 5.43. The Balaban J connectivity index is 2.18. The van der Waals surface area contributed by atoms with E-state index in [0.29, 0.717) is 0 Å². The number of benzene rings is 5. The van der Waals surface area contributed by atoms with Crippen molar-refractivity contribution >= 4 is 43.1 Å². The van der Waals surface area contributed by atoms with Gasteiger partial charge in [0.15, 0.2) is 0 Å². The molecule has 0 amide bonds. The normalized spacial score (nSPS) is 14.1. The van der Waals surface area contributed by atoms with Gasteiger partial charge in [-0.15, -0.1) is 0 Å². The third-order valence-corrected chi connectivity index (χ3v) is 8.43. The molecule has 0 bridgehead atoms. The van der Waals surface area contributed by atoms with Crippen molar-refractivity contribution in [2.45, 2.75) is 112 Å². The minimum atomic E-state index is 0.0592. The SMILES string of the molecule is Cc1cc(C(C)(C)C)c2c(C(C)(C)C)ccc3c4ccc(C(C)(C)C)c5c(C(C)(C)C)ccc(c1c23)c54. The second-order valence-electron chi connectivity index (χ2n) is 15.6. The van der Waals surface area contributed by atoms with E-state index < -0.39 is 0 Å². The third kappa shape index (κ3) is 3.86. The first-order valence-electron chi connectivity index (χ1n) is 14.1. The standard InChI is InChI=1S/C37H46/c1-21-20-28(37(11,12)13)33-27(36(8,9)10)18-15-23-22-14-17-25(34(2,3)4)32-26(35(5,6)7)19-16-24(30(22)32)29(21)31(23)33/h14-20H,1-13H3. The lowest BCUT2D eigenvalue weighted by molar-refractivity contribution is 0.580. The van der Waals surface area contributed by atoms with Gasteiger partial charge in [-0.3, -0.25) is 0 Å². The summed E-state index contributed by atoms with van der Waals surface area (Å²) < 4.78 is 0. The van der Waals surface area contributed by atoms with E-state index >= 15 is 0 Å². The molecule has 0 heterocycles. The lowest BCUT2D eigenvalue weighted by Gasteiger charge is -2.32. The van der Waals surface area contributed by atoms with Gasteiger partial charge < -0.3 is 0 Å². The minimum absolute atomic E-state index is 0.0592. The number of rotatable bonds is 0. The highest BCUT2D eigenvalue weighted by atomic mass is 14.3. The van der Waals surface area contributed by atoms with Crippen LogP contribution in [0.3, 0.4) is 0 Å². The zero-order valence-electron chi connectivity index (χ0n) is 25.5. The molecule has 0 atom stereocenters. The summed E-state index contributed by atoms with van der Waals surface area (Å²) in [6.45, 7) is 30.7. The van der Waals surface area contributed by atoms with Gasteiger partial charge in [-0.25, -0.2) is 0 Å². The summed E-state index contributed by atoms with van der Waals surface area (Å²) in [6, 6.07) is 17.1. The first kappa shape index (κ1) is 26.0. The fraction of sp³-hybridized carbons (Fsp3) is 0.459. The smallest absolute Gasteiger partial charge is 0.00177 e. The summed E-state index contributed by atoms with van der Waals surface area (Å²) in [5.74, 6) is 0. The van der Waals surface area contributed by atoms with Crippen molar-refractivity contribution in [2.75, 3.05) is 0 Å². The molecule has 0 saturated heterocycles. The van der Waals surface area contributed by atoms with E-state index in [9.17, 15) is 0 Å². The Morgan fingerprint density at radius 2 is 0.703 bits per heavy atom. The molecule has 0 spiro atoms. The summed E-state index contributed by atoms with van der Waals surface area (Å²) in [7, 11) is 0. The molecule has 0 aromatic heterocycles. The van der Waals surface area contributed by atoms with Gasteiger partial charge in [0.05, 0.1) is 0 Å². The molecule has 194 valence electrons. The van der Waals surface area contributed by atoms with Crippen LogP contribution >= 0.6 is 0 Å². The predicted octanol–water partition coefficient (Wildman–Crippen LogP) is 11.2. The Bertz CT molecular complexity index is 1660. The van der Waals surface area contributed by atoms with Gasteiger partial charge in [-0.05, 0) is 99.5 Å². The van der Waals surface area contributed by atoms with E-state index in [1.165, 1.54) is 70.9 Å². The number of fused-ring (bicyclic) bond motifs is 2. The average Bonchev–Trinajstić information content (AvgIpc) is 2.73. The van der Waals surface area contributed by atoms with Gasteiger partial charge in [-0.2, -0.15) is 0 Å². The van der Waals surface area contributed by atoms with Crippen LogP contribution in [0.25, 0.3) is 43.1 Å². The summed E-state index contributed by atoms with van der Waals surface area (Å²) in [5, 5.41) is 11.5. The monoisotopic (exact) mass is 490 g/mol. The van der Waals surface area contributed by atoms with Gasteiger partial charge in [0.25, 0.3) is 0 Å². The van der Waals surface area contributed by atoms with Gasteiger partial charge in [0.1, 0.15) is 0 Å². The molecule has 0 radical (unpaired) electrons. The van der Waals surface area contributed by atoms with E-state index in [4.69, 9.17) is 0 Å². The van der Waals surface area contributed by atoms with Crippen LogP contribution in [0.5, 0.6) is 0 Å². The van der Waals surface area contributed by atoms with Crippen molar-refractivity contribution in [3.63, 3.8) is 0 Å². The topological polar surface area (TPSA) is 0 Å². The fourth-order valence-corrected chi connectivity index (χ4v) is 6.67. The van der Waals surface area contributed by atoms with Crippen molar-refractivity contribution in [3.05, 3.63) is 70.3 Å². The maximum Gasteiger partial charge on any atom is -0.00177 e. The van der Waals surface area contributed by atoms with Crippen LogP contribution < -0.4 is 0 Å². The molecule has 5 aromatic carbocycles. The second-order valence-corrected chi connectivity index (χ2v) is 15.6. The van der Waals surface area contributed by atoms with Crippen LogP contribution in [0, 0.1) is 6.92 Å². The molecular weight excluding hydrogens is 444 g/mol. The van der Waals surface area contributed by atoms with Crippen LogP contribution in [0.1, 0.15) is 111 Å².